The lowest BCUT2D eigenvalue weighted by Gasteiger charge is -2.03. The lowest BCUT2D eigenvalue weighted by Crippen LogP contribution is -2.11. The average Bonchev–Trinajstić information content (AvgIpc) is 3.07. The lowest BCUT2D eigenvalue weighted by atomic mass is 10.2. The highest BCUT2D eigenvalue weighted by Gasteiger charge is 2.11. The molecule has 8 heteroatoms. The van der Waals surface area contributed by atoms with Crippen LogP contribution in [-0.4, -0.2) is 23.2 Å². The molecule has 0 radical (unpaired) electrons. The Morgan fingerprint density at radius 3 is 2.88 bits per heavy atom. The van der Waals surface area contributed by atoms with E-state index in [0.717, 1.165) is 5.56 Å². The predicted molar refractivity (Wildman–Crippen MR) is 96.8 cm³/mol. The molecular formula is C17H14FN3O2S2. The van der Waals surface area contributed by atoms with Gasteiger partial charge < -0.3 is 4.74 Å². The van der Waals surface area contributed by atoms with Gasteiger partial charge in [-0.1, -0.05) is 41.3 Å². The molecule has 5 nitrogen and oxygen atoms in total. The number of anilines is 1. The quantitative estimate of drug-likeness (QED) is 0.516. The SMILES string of the molecule is COc1cccc(C(=O)Nc2nnc(SCc3cccc(F)c3)s2)c1. The fourth-order valence-corrected chi connectivity index (χ4v) is 3.71. The predicted octanol–water partition coefficient (Wildman–Crippen LogP) is 4.23. The Balaban J connectivity index is 1.60. The third kappa shape index (κ3) is 4.77. The maximum Gasteiger partial charge on any atom is 0.257 e. The second-order valence-electron chi connectivity index (χ2n) is 4.98. The standard InChI is InChI=1S/C17H14FN3O2S2/c1-23-14-7-3-5-12(9-14)15(22)19-16-20-21-17(25-16)24-10-11-4-2-6-13(18)8-11/h2-9H,10H2,1H3,(H,19,20,22). The molecule has 0 aliphatic heterocycles. The van der Waals surface area contributed by atoms with Crippen LogP contribution >= 0.6 is 23.1 Å². The van der Waals surface area contributed by atoms with Gasteiger partial charge in [0.05, 0.1) is 7.11 Å². The number of nitrogens with one attached hydrogen (secondary N) is 1. The number of methoxy groups -OCH3 is 1. The van der Waals surface area contributed by atoms with Crippen molar-refractivity contribution in [2.75, 3.05) is 12.4 Å². The van der Waals surface area contributed by atoms with Gasteiger partial charge in [0, 0.05) is 11.3 Å². The zero-order valence-corrected chi connectivity index (χ0v) is 14.9. The summed E-state index contributed by atoms with van der Waals surface area (Å²) in [5, 5.41) is 11.1. The fraction of sp³-hybridized carbons (Fsp3) is 0.118. The molecule has 3 aromatic rings. The zero-order chi connectivity index (χ0) is 17.6. The summed E-state index contributed by atoms with van der Waals surface area (Å²) in [6.45, 7) is 0. The van der Waals surface area contributed by atoms with Crippen LogP contribution in [0.3, 0.4) is 0 Å². The highest BCUT2D eigenvalue weighted by Crippen LogP contribution is 2.28. The summed E-state index contributed by atoms with van der Waals surface area (Å²) in [7, 11) is 1.55. The zero-order valence-electron chi connectivity index (χ0n) is 13.2. The van der Waals surface area contributed by atoms with Crippen molar-refractivity contribution in [2.45, 2.75) is 10.1 Å². The van der Waals surface area contributed by atoms with Crippen molar-refractivity contribution in [1.82, 2.24) is 10.2 Å². The molecule has 0 aliphatic carbocycles. The Morgan fingerprint density at radius 1 is 1.24 bits per heavy atom. The van der Waals surface area contributed by atoms with Crippen molar-refractivity contribution in [3.63, 3.8) is 0 Å². The maximum atomic E-state index is 13.2. The number of ether oxygens (including phenoxy) is 1. The van der Waals surface area contributed by atoms with Gasteiger partial charge in [0.2, 0.25) is 5.13 Å². The number of thioether (sulfide) groups is 1. The van der Waals surface area contributed by atoms with Crippen LogP contribution in [0.5, 0.6) is 5.75 Å². The number of carbonyl (C=O) groups excluding carboxylic acids is 1. The van der Waals surface area contributed by atoms with E-state index in [0.29, 0.717) is 26.5 Å². The first-order valence-electron chi connectivity index (χ1n) is 7.30. The van der Waals surface area contributed by atoms with Crippen molar-refractivity contribution in [2.24, 2.45) is 0 Å². The van der Waals surface area contributed by atoms with E-state index < -0.39 is 0 Å². The summed E-state index contributed by atoms with van der Waals surface area (Å²) < 4.78 is 19.0. The summed E-state index contributed by atoms with van der Waals surface area (Å²) in [6.07, 6.45) is 0. The number of nitrogens with zero attached hydrogens (tertiary/aromatic N) is 2. The van der Waals surface area contributed by atoms with Crippen molar-refractivity contribution in [3.8, 4) is 5.75 Å². The summed E-state index contributed by atoms with van der Waals surface area (Å²) in [5.74, 6) is 0.644. The Morgan fingerprint density at radius 2 is 2.08 bits per heavy atom. The molecule has 1 aromatic heterocycles. The van der Waals surface area contributed by atoms with Gasteiger partial charge >= 0.3 is 0 Å². The van der Waals surface area contributed by atoms with Crippen LogP contribution in [0, 0.1) is 5.82 Å². The molecule has 25 heavy (non-hydrogen) atoms. The Hall–Kier alpha value is -2.45. The van der Waals surface area contributed by atoms with E-state index in [1.165, 1.54) is 35.2 Å². The summed E-state index contributed by atoms with van der Waals surface area (Å²) in [6, 6.07) is 13.3. The minimum absolute atomic E-state index is 0.262. The van der Waals surface area contributed by atoms with Gasteiger partial charge in [-0.2, -0.15) is 0 Å². The van der Waals surface area contributed by atoms with E-state index in [9.17, 15) is 9.18 Å². The maximum absolute atomic E-state index is 13.2. The molecule has 0 saturated carbocycles. The second kappa shape index (κ2) is 8.09. The molecule has 0 bridgehead atoms. The van der Waals surface area contributed by atoms with E-state index >= 15 is 0 Å². The number of benzene rings is 2. The monoisotopic (exact) mass is 375 g/mol. The van der Waals surface area contributed by atoms with Crippen molar-refractivity contribution >= 4 is 34.1 Å². The van der Waals surface area contributed by atoms with Gasteiger partial charge in [-0.15, -0.1) is 10.2 Å². The van der Waals surface area contributed by atoms with E-state index in [1.54, 1.807) is 37.4 Å². The molecule has 0 atom stereocenters. The van der Waals surface area contributed by atoms with Crippen molar-refractivity contribution in [1.29, 1.82) is 0 Å². The smallest absolute Gasteiger partial charge is 0.257 e. The van der Waals surface area contributed by atoms with Crippen molar-refractivity contribution < 1.29 is 13.9 Å². The molecule has 1 heterocycles. The van der Waals surface area contributed by atoms with Crippen LogP contribution in [0.15, 0.2) is 52.9 Å². The van der Waals surface area contributed by atoms with E-state index in [4.69, 9.17) is 4.74 Å². The number of halogens is 1. The van der Waals surface area contributed by atoms with Gasteiger partial charge in [-0.05, 0) is 35.9 Å². The van der Waals surface area contributed by atoms with E-state index in [2.05, 4.69) is 15.5 Å². The van der Waals surface area contributed by atoms with Crippen molar-refractivity contribution in [3.05, 3.63) is 65.5 Å². The normalized spacial score (nSPS) is 10.5. The minimum Gasteiger partial charge on any atom is -0.497 e. The number of amides is 1. The molecule has 0 unspecified atom stereocenters. The largest absolute Gasteiger partial charge is 0.497 e. The van der Waals surface area contributed by atoms with Crippen LogP contribution in [0.1, 0.15) is 15.9 Å². The molecule has 0 saturated heterocycles. The van der Waals surface area contributed by atoms with Gasteiger partial charge in [0.1, 0.15) is 11.6 Å². The Bertz CT molecular complexity index is 886. The summed E-state index contributed by atoms with van der Waals surface area (Å²) in [5.41, 5.74) is 1.34. The first-order chi connectivity index (χ1) is 12.1. The molecule has 2 aromatic carbocycles. The van der Waals surface area contributed by atoms with Gasteiger partial charge in [0.25, 0.3) is 5.91 Å². The average molecular weight is 375 g/mol. The highest BCUT2D eigenvalue weighted by molar-refractivity contribution is 8.00. The molecule has 0 spiro atoms. The molecule has 3 rings (SSSR count). The molecule has 1 N–H and O–H groups in total. The van der Waals surface area contributed by atoms with E-state index in [1.807, 2.05) is 6.07 Å². The summed E-state index contributed by atoms with van der Waals surface area (Å²) >= 11 is 2.71. The van der Waals surface area contributed by atoms with Crippen LogP contribution < -0.4 is 10.1 Å². The van der Waals surface area contributed by atoms with Gasteiger partial charge in [-0.3, -0.25) is 10.1 Å². The molecule has 128 valence electrons. The number of carbonyl (C=O) groups is 1. The van der Waals surface area contributed by atoms with E-state index in [-0.39, 0.29) is 11.7 Å². The van der Waals surface area contributed by atoms with Crippen LogP contribution in [0.4, 0.5) is 9.52 Å². The third-order valence-electron chi connectivity index (χ3n) is 3.21. The summed E-state index contributed by atoms with van der Waals surface area (Å²) in [4.78, 5) is 12.2. The number of aromatic nitrogens is 2. The topological polar surface area (TPSA) is 64.1 Å². The Kier molecular flexibility index (Phi) is 5.62. The molecule has 0 fully saturated rings. The number of hydrogen-bond donors (Lipinski definition) is 1. The first kappa shape index (κ1) is 17.4. The third-order valence-corrected chi connectivity index (χ3v) is 5.25. The minimum atomic E-state index is -0.281. The number of hydrogen-bond acceptors (Lipinski definition) is 6. The van der Waals surface area contributed by atoms with Crippen LogP contribution in [-0.2, 0) is 5.75 Å². The molecule has 1 amide bonds. The van der Waals surface area contributed by atoms with Crippen LogP contribution in [0.2, 0.25) is 0 Å². The molecule has 0 aliphatic rings. The number of rotatable bonds is 6. The fourth-order valence-electron chi connectivity index (χ4n) is 2.02. The molecular weight excluding hydrogens is 361 g/mol. The first-order valence-corrected chi connectivity index (χ1v) is 9.10. The van der Waals surface area contributed by atoms with Gasteiger partial charge in [0.15, 0.2) is 4.34 Å². The Labute approximate surface area is 152 Å². The lowest BCUT2D eigenvalue weighted by molar-refractivity contribution is 0.102. The highest BCUT2D eigenvalue weighted by atomic mass is 32.2. The van der Waals surface area contributed by atoms with Crippen LogP contribution in [0.25, 0.3) is 0 Å². The second-order valence-corrected chi connectivity index (χ2v) is 7.18. The van der Waals surface area contributed by atoms with Gasteiger partial charge in [-0.25, -0.2) is 4.39 Å².